The van der Waals surface area contributed by atoms with E-state index in [4.69, 9.17) is 19.9 Å². The van der Waals surface area contributed by atoms with Gasteiger partial charge in [-0.05, 0) is 264 Å². The van der Waals surface area contributed by atoms with Crippen LogP contribution < -0.4 is 0 Å². The molecular formula is C134H140Ir4N8-4. The summed E-state index contributed by atoms with van der Waals surface area (Å²) in [6, 6.07) is 103. The molecule has 0 atom stereocenters. The fraction of sp³-hybridized carbons (Fsp3) is 0.373. The van der Waals surface area contributed by atoms with Gasteiger partial charge in [0.05, 0.1) is 45.4 Å². The fourth-order valence-corrected chi connectivity index (χ4v) is 27.1. The predicted molar refractivity (Wildman–Crippen MR) is 598 cm³/mol. The largest absolute Gasteiger partial charge is 0.333 e. The van der Waals surface area contributed by atoms with Crippen molar-refractivity contribution in [1.82, 2.24) is 37.5 Å². The molecule has 6 fully saturated rings. The molecule has 12 aromatic carbocycles. The molecule has 756 valence electrons. The molecule has 0 saturated heterocycles. The molecule has 4 radical (unpaired) electrons. The molecule has 0 amide bonds. The average molecular weight is 2630 g/mol. The monoisotopic (exact) mass is 2630 g/mol. The Bertz CT molecular complexity index is 7860. The number of fused-ring (bicyclic) bond motifs is 24. The third-order valence-electron chi connectivity index (χ3n) is 34.2. The van der Waals surface area contributed by atoms with Gasteiger partial charge in [-0.1, -0.05) is 312 Å². The summed E-state index contributed by atoms with van der Waals surface area (Å²) in [4.78, 5) is 20.3. The maximum atomic E-state index is 5.12. The first-order chi connectivity index (χ1) is 69.7. The molecule has 0 N–H and O–H groups in total. The zero-order valence-corrected chi connectivity index (χ0v) is 96.1. The molecular weight excluding hydrogens is 2490 g/mol. The van der Waals surface area contributed by atoms with Crippen molar-refractivity contribution in [2.75, 3.05) is 0 Å². The fourth-order valence-electron chi connectivity index (χ4n) is 27.1. The van der Waals surface area contributed by atoms with Crippen molar-refractivity contribution in [3.05, 3.63) is 336 Å². The maximum Gasteiger partial charge on any atom is 0.0639 e. The Morgan fingerprint density at radius 2 is 0.459 bits per heavy atom. The van der Waals surface area contributed by atoms with E-state index < -0.39 is 0 Å². The van der Waals surface area contributed by atoms with Gasteiger partial charge in [0.25, 0.3) is 0 Å². The standard InChI is InChI=1S/C37H41N2.C35H37N2.C33H33N2.C29H29N2.4Ir/c1-36(2)20-16-25(17-21-36)27-13-9-14-28(26-18-22-37(3,4)23-19-26)34(27)33-24-38-35-31-12-6-5-10-29(31)30-11-7-8-15-32(30)39(33)35;1-2-6-15-25(14-5-1)27-21-13-22-28(26-16-7-3-4-8-17-26)34(27)33-24-36-35-31-20-10-9-18-29(31)30-19-11-12-23-32(30)37(33)35;1-3-12-23(13-4-1)25-19-11-20-26(24-14-5-2-6-15-24)32(25)31-22-34-33-29-18-8-7-16-27(29)28-17-9-10-21-30(28)35(31)33;1-19(2)16-21-10-9-11-22(17-20(3)4)28(21)27-18-30-29-25-14-6-5-12-23(25)24-13-7-8-15-26(24)31(27)29;;;;/h5-11,13-15,24-26H,16-23H2,1-4H3;9-13,18-19,21-26H,1-8,14-17H2;7-11,16-17,19-24H,1-6,12-15H2;5-13,15,18-20H,16-17H2,1-4H3;;;;/q4*-1;;;;. The molecule has 6 aliphatic carbocycles. The quantitative estimate of drug-likeness (QED) is 0.0618. The number of hydrogen-bond donors (Lipinski definition) is 0. The van der Waals surface area contributed by atoms with Gasteiger partial charge in [-0.2, -0.15) is 0 Å². The van der Waals surface area contributed by atoms with E-state index in [2.05, 4.69) is 340 Å². The van der Waals surface area contributed by atoms with E-state index in [0.717, 1.165) is 57.0 Å². The zero-order valence-electron chi connectivity index (χ0n) is 86.6. The minimum atomic E-state index is 0. The van der Waals surface area contributed by atoms with Crippen molar-refractivity contribution in [2.45, 2.75) is 296 Å². The Kier molecular flexibility index (Phi) is 32.9. The molecule has 8 nitrogen and oxygen atoms in total. The Labute approximate surface area is 919 Å². The van der Waals surface area contributed by atoms with Gasteiger partial charge in [0.2, 0.25) is 0 Å². The zero-order chi connectivity index (χ0) is 96.1. The van der Waals surface area contributed by atoms with Crippen LogP contribution in [0, 0.1) is 46.9 Å². The predicted octanol–water partition coefficient (Wildman–Crippen LogP) is 37.2. The first-order valence-electron chi connectivity index (χ1n) is 54.9. The van der Waals surface area contributed by atoms with Gasteiger partial charge in [0.15, 0.2) is 0 Å². The number of aromatic nitrogens is 8. The topological polar surface area (TPSA) is 69.2 Å². The van der Waals surface area contributed by atoms with Crippen LogP contribution in [0.5, 0.6) is 0 Å². The van der Waals surface area contributed by atoms with E-state index in [1.165, 1.54) is 314 Å². The van der Waals surface area contributed by atoms with Crippen LogP contribution in [0.2, 0.25) is 0 Å². The molecule has 0 bridgehead atoms. The van der Waals surface area contributed by atoms with E-state index in [9.17, 15) is 0 Å². The van der Waals surface area contributed by atoms with Crippen molar-refractivity contribution in [2.24, 2.45) is 22.7 Å². The van der Waals surface area contributed by atoms with Crippen molar-refractivity contribution in [3.63, 3.8) is 0 Å². The minimum absolute atomic E-state index is 0. The van der Waals surface area contributed by atoms with Gasteiger partial charge in [0, 0.05) is 150 Å². The second-order valence-electron chi connectivity index (χ2n) is 45.6. The van der Waals surface area contributed by atoms with Gasteiger partial charge < -0.3 is 17.6 Å². The van der Waals surface area contributed by atoms with Crippen LogP contribution in [-0.2, 0) is 93.3 Å². The summed E-state index contributed by atoms with van der Waals surface area (Å²) in [5, 5.41) is 14.4. The summed E-state index contributed by atoms with van der Waals surface area (Å²) < 4.78 is 9.72. The summed E-state index contributed by atoms with van der Waals surface area (Å²) in [6.45, 7) is 19.0. The SMILES string of the molecule is CC(C)Cc1cccc(CC(C)C)c1-c1cnc2c3[c-]cccc3c3ccccc3n12.CC1(C)CCC(c2cccc(C3CCC(C)(C)CC3)c2-c2cnc3c4[c-]cccc4c4ccccc4n23)CC1.[Ir].[Ir].[Ir].[Ir].[c-]1cccc2c1c1ncc(-c3c(C4CCCCC4)cccc3C3CCCCC3)n1c1ccccc21.[c-]1cccc2c1c1ncc(-c3c(C4CCCCCC4)cccc3C3CCCCCC3)n1c1ccccc21. The first-order valence-corrected chi connectivity index (χ1v) is 54.9. The normalized spacial score (nSPS) is 16.9. The van der Waals surface area contributed by atoms with Gasteiger partial charge in [-0.15, -0.1) is 119 Å². The van der Waals surface area contributed by atoms with Gasteiger partial charge in [-0.3, -0.25) is 19.9 Å². The average Bonchev–Trinajstić information content (AvgIpc) is 1.56. The third kappa shape index (κ3) is 20.5. The Hall–Kier alpha value is -9.92. The number of benzene rings is 12. The molecule has 6 aliphatic rings. The summed E-state index contributed by atoms with van der Waals surface area (Å²) >= 11 is 0. The number of rotatable bonds is 14. The molecule has 8 aromatic heterocycles. The Morgan fingerprint density at radius 3 is 0.705 bits per heavy atom. The molecule has 0 aliphatic heterocycles. The molecule has 0 spiro atoms. The van der Waals surface area contributed by atoms with Crippen molar-refractivity contribution >= 4 is 109 Å². The number of para-hydroxylation sites is 4. The van der Waals surface area contributed by atoms with E-state index >= 15 is 0 Å². The van der Waals surface area contributed by atoms with Crippen LogP contribution in [0.1, 0.15) is 328 Å². The smallest absolute Gasteiger partial charge is 0.0639 e. The number of imidazole rings is 4. The van der Waals surface area contributed by atoms with Crippen LogP contribution >= 0.6 is 0 Å². The summed E-state index contributed by atoms with van der Waals surface area (Å²) in [5.74, 6) is 5.02. The Balaban J connectivity index is 0.000000122. The number of pyridine rings is 4. The van der Waals surface area contributed by atoms with E-state index in [1.807, 2.05) is 24.3 Å². The molecule has 0 unspecified atom stereocenters. The molecule has 20 aromatic rings. The first kappa shape index (κ1) is 105. The van der Waals surface area contributed by atoms with Gasteiger partial charge in [-0.25, -0.2) is 0 Å². The van der Waals surface area contributed by atoms with Crippen LogP contribution in [0.25, 0.3) is 154 Å². The van der Waals surface area contributed by atoms with Crippen molar-refractivity contribution < 1.29 is 80.4 Å². The minimum Gasteiger partial charge on any atom is -0.333 e. The molecule has 146 heavy (non-hydrogen) atoms. The van der Waals surface area contributed by atoms with Crippen molar-refractivity contribution in [1.29, 1.82) is 0 Å². The third-order valence-corrected chi connectivity index (χ3v) is 34.2. The van der Waals surface area contributed by atoms with E-state index in [-0.39, 0.29) is 80.4 Å². The molecule has 8 heterocycles. The van der Waals surface area contributed by atoms with Crippen LogP contribution in [0.3, 0.4) is 0 Å². The second kappa shape index (κ2) is 45.9. The van der Waals surface area contributed by atoms with Gasteiger partial charge in [0.1, 0.15) is 0 Å². The van der Waals surface area contributed by atoms with Crippen LogP contribution in [0.4, 0.5) is 0 Å². The number of nitrogens with zero attached hydrogens (tertiary/aromatic N) is 8. The second-order valence-corrected chi connectivity index (χ2v) is 45.6. The molecule has 12 heteroatoms. The van der Waals surface area contributed by atoms with E-state index in [1.54, 1.807) is 33.4 Å². The summed E-state index contributed by atoms with van der Waals surface area (Å²) in [7, 11) is 0. The van der Waals surface area contributed by atoms with Crippen molar-refractivity contribution in [3.8, 4) is 45.0 Å². The summed E-state index contributed by atoms with van der Waals surface area (Å²) in [6.07, 6.45) is 50.7. The van der Waals surface area contributed by atoms with Crippen LogP contribution in [0.15, 0.2) is 267 Å². The van der Waals surface area contributed by atoms with Crippen LogP contribution in [-0.4, -0.2) is 37.5 Å². The molecule has 6 saturated carbocycles. The van der Waals surface area contributed by atoms with E-state index in [0.29, 0.717) is 58.2 Å². The molecule has 26 rings (SSSR count). The maximum absolute atomic E-state index is 5.12. The number of hydrogen-bond acceptors (Lipinski definition) is 4. The van der Waals surface area contributed by atoms with Gasteiger partial charge >= 0.3 is 0 Å². The Morgan fingerprint density at radius 1 is 0.247 bits per heavy atom. The summed E-state index contributed by atoms with van der Waals surface area (Å²) in [5.41, 5.74) is 33.0.